The lowest BCUT2D eigenvalue weighted by Crippen LogP contribution is -2.51. The topological polar surface area (TPSA) is 64.6 Å². The molecule has 3 saturated heterocycles. The number of amides is 1. The van der Waals surface area contributed by atoms with Gasteiger partial charge in [-0.25, -0.2) is 8.78 Å². The number of alkyl halides is 2. The van der Waals surface area contributed by atoms with Crippen molar-refractivity contribution in [1.82, 2.24) is 25.1 Å². The lowest BCUT2D eigenvalue weighted by atomic mass is 10.1. The van der Waals surface area contributed by atoms with Crippen molar-refractivity contribution in [2.45, 2.75) is 30.8 Å². The van der Waals surface area contributed by atoms with E-state index in [9.17, 15) is 13.6 Å². The summed E-state index contributed by atoms with van der Waals surface area (Å²) in [5.41, 5.74) is 2.92. The van der Waals surface area contributed by atoms with Crippen LogP contribution < -0.4 is 10.2 Å². The molecule has 1 amide bonds. The second kappa shape index (κ2) is 7.70. The number of hydrogen-bond acceptors (Lipinski definition) is 6. The SMILES string of the molecule is O=C([C@@H]1C[C@H](N2CCN(c3cccc4nccnc34)CC2)CN1)N1CCC(F)(F)C1. The highest BCUT2D eigenvalue weighted by molar-refractivity contribution is 5.88. The van der Waals surface area contributed by atoms with Crippen LogP contribution >= 0.6 is 0 Å². The van der Waals surface area contributed by atoms with Gasteiger partial charge >= 0.3 is 0 Å². The van der Waals surface area contributed by atoms with Gasteiger partial charge in [0.1, 0.15) is 5.52 Å². The van der Waals surface area contributed by atoms with Gasteiger partial charge in [-0.2, -0.15) is 0 Å². The smallest absolute Gasteiger partial charge is 0.267 e. The van der Waals surface area contributed by atoms with E-state index in [1.807, 2.05) is 12.1 Å². The summed E-state index contributed by atoms with van der Waals surface area (Å²) in [6, 6.07) is 5.98. The third kappa shape index (κ3) is 3.72. The van der Waals surface area contributed by atoms with Crippen molar-refractivity contribution in [2.24, 2.45) is 0 Å². The molecule has 160 valence electrons. The van der Waals surface area contributed by atoms with Crippen molar-refractivity contribution in [3.63, 3.8) is 0 Å². The van der Waals surface area contributed by atoms with Crippen molar-refractivity contribution < 1.29 is 13.6 Å². The Morgan fingerprint density at radius 3 is 2.67 bits per heavy atom. The highest BCUT2D eigenvalue weighted by atomic mass is 19.3. The molecule has 1 aromatic heterocycles. The minimum atomic E-state index is -2.74. The average molecular weight is 416 g/mol. The molecule has 3 aliphatic heterocycles. The molecule has 0 radical (unpaired) electrons. The van der Waals surface area contributed by atoms with Gasteiger partial charge in [-0.3, -0.25) is 19.7 Å². The molecular formula is C21H26F2N6O. The second-order valence-electron chi connectivity index (χ2n) is 8.44. The zero-order valence-electron chi connectivity index (χ0n) is 16.8. The lowest BCUT2D eigenvalue weighted by Gasteiger charge is -2.39. The van der Waals surface area contributed by atoms with Gasteiger partial charge in [0.2, 0.25) is 5.91 Å². The average Bonchev–Trinajstić information content (AvgIpc) is 3.40. The molecule has 5 rings (SSSR count). The molecule has 0 saturated carbocycles. The fourth-order valence-electron chi connectivity index (χ4n) is 4.89. The van der Waals surface area contributed by atoms with Crippen molar-refractivity contribution >= 4 is 22.6 Å². The lowest BCUT2D eigenvalue weighted by molar-refractivity contribution is -0.133. The van der Waals surface area contributed by atoms with E-state index in [0.29, 0.717) is 6.42 Å². The maximum absolute atomic E-state index is 13.4. The summed E-state index contributed by atoms with van der Waals surface area (Å²) in [6.07, 6.45) is 3.88. The Hall–Kier alpha value is -2.39. The number of aromatic nitrogens is 2. The summed E-state index contributed by atoms with van der Waals surface area (Å²) in [5, 5.41) is 3.27. The maximum Gasteiger partial charge on any atom is 0.267 e. The molecule has 9 heteroatoms. The monoisotopic (exact) mass is 416 g/mol. The Bertz CT molecular complexity index is 927. The molecule has 3 aliphatic rings. The van der Waals surface area contributed by atoms with Crippen LogP contribution in [0.4, 0.5) is 14.5 Å². The predicted octanol–water partition coefficient (Wildman–Crippen LogP) is 1.35. The third-order valence-corrected chi connectivity index (χ3v) is 6.54. The summed E-state index contributed by atoms with van der Waals surface area (Å²) in [6.45, 7) is 3.98. The first kappa shape index (κ1) is 19.6. The van der Waals surface area contributed by atoms with Crippen LogP contribution in [0.3, 0.4) is 0 Å². The number of halogens is 2. The van der Waals surface area contributed by atoms with Gasteiger partial charge in [0, 0.05) is 64.1 Å². The Morgan fingerprint density at radius 2 is 1.90 bits per heavy atom. The predicted molar refractivity (Wildman–Crippen MR) is 110 cm³/mol. The molecule has 2 aromatic rings. The van der Waals surface area contributed by atoms with Gasteiger partial charge < -0.3 is 15.1 Å². The number of benzene rings is 1. The Balaban J connectivity index is 1.18. The second-order valence-corrected chi connectivity index (χ2v) is 8.44. The Labute approximate surface area is 174 Å². The molecule has 3 fully saturated rings. The number of carbonyl (C=O) groups is 1. The van der Waals surface area contributed by atoms with Gasteiger partial charge in [0.15, 0.2) is 0 Å². The van der Waals surface area contributed by atoms with Gasteiger partial charge in [-0.15, -0.1) is 0 Å². The number of para-hydroxylation sites is 1. The van der Waals surface area contributed by atoms with E-state index in [0.717, 1.165) is 49.4 Å². The first-order chi connectivity index (χ1) is 14.5. The standard InChI is InChI=1S/C21H26F2N6O/c22-21(23)4-7-29(14-21)20(30)17-12-15(13-26-17)27-8-10-28(11-9-27)18-3-1-2-16-19(18)25-6-5-24-16/h1-3,5-6,15,17,26H,4,7-14H2/t15-,17-/m0/s1. The van der Waals surface area contributed by atoms with Crippen LogP contribution in [0.2, 0.25) is 0 Å². The van der Waals surface area contributed by atoms with Gasteiger partial charge in [-0.05, 0) is 18.6 Å². The summed E-state index contributed by atoms with van der Waals surface area (Å²) in [4.78, 5) is 27.6. The number of likely N-dealkylation sites (tertiary alicyclic amines) is 1. The van der Waals surface area contributed by atoms with Crippen LogP contribution in [0.5, 0.6) is 0 Å². The molecule has 7 nitrogen and oxygen atoms in total. The van der Waals surface area contributed by atoms with E-state index in [2.05, 4.69) is 31.2 Å². The summed E-state index contributed by atoms with van der Waals surface area (Å²) in [7, 11) is 0. The molecule has 2 atom stereocenters. The molecule has 1 aromatic carbocycles. The minimum Gasteiger partial charge on any atom is -0.367 e. The third-order valence-electron chi connectivity index (χ3n) is 6.54. The van der Waals surface area contributed by atoms with Crippen LogP contribution in [-0.4, -0.2) is 89.5 Å². The molecule has 0 unspecified atom stereocenters. The fraction of sp³-hybridized carbons (Fsp3) is 0.571. The highest BCUT2D eigenvalue weighted by Gasteiger charge is 2.43. The first-order valence-corrected chi connectivity index (χ1v) is 10.6. The first-order valence-electron chi connectivity index (χ1n) is 10.6. The molecule has 0 bridgehead atoms. The van der Waals surface area contributed by atoms with Crippen molar-refractivity contribution in [2.75, 3.05) is 50.7 Å². The van der Waals surface area contributed by atoms with Crippen molar-refractivity contribution in [1.29, 1.82) is 0 Å². The fourth-order valence-corrected chi connectivity index (χ4v) is 4.89. The highest BCUT2D eigenvalue weighted by Crippen LogP contribution is 2.29. The van der Waals surface area contributed by atoms with Crippen LogP contribution in [0.1, 0.15) is 12.8 Å². The van der Waals surface area contributed by atoms with Crippen molar-refractivity contribution in [3.05, 3.63) is 30.6 Å². The molecule has 30 heavy (non-hydrogen) atoms. The maximum atomic E-state index is 13.4. The van der Waals surface area contributed by atoms with Crippen LogP contribution in [-0.2, 0) is 4.79 Å². The summed E-state index contributed by atoms with van der Waals surface area (Å²) >= 11 is 0. The van der Waals surface area contributed by atoms with Crippen molar-refractivity contribution in [3.8, 4) is 0 Å². The van der Waals surface area contributed by atoms with Gasteiger partial charge in [0.25, 0.3) is 5.92 Å². The number of hydrogen-bond donors (Lipinski definition) is 1. The molecule has 4 heterocycles. The van der Waals surface area contributed by atoms with Gasteiger partial charge in [-0.1, -0.05) is 6.07 Å². The van der Waals surface area contributed by atoms with Crippen LogP contribution in [0, 0.1) is 0 Å². The number of piperazine rings is 1. The quantitative estimate of drug-likeness (QED) is 0.815. The number of nitrogens with zero attached hydrogens (tertiary/aromatic N) is 5. The molecule has 0 spiro atoms. The van der Waals surface area contributed by atoms with E-state index in [4.69, 9.17) is 0 Å². The summed E-state index contributed by atoms with van der Waals surface area (Å²) in [5.74, 6) is -2.92. The van der Waals surface area contributed by atoms with Crippen LogP contribution in [0.25, 0.3) is 11.0 Å². The zero-order valence-corrected chi connectivity index (χ0v) is 16.8. The minimum absolute atomic E-state index is 0.154. The normalized spacial score (nSPS) is 27.1. The summed E-state index contributed by atoms with van der Waals surface area (Å²) < 4.78 is 26.9. The van der Waals surface area contributed by atoms with E-state index >= 15 is 0 Å². The number of rotatable bonds is 3. The Morgan fingerprint density at radius 1 is 1.10 bits per heavy atom. The molecule has 1 N–H and O–H groups in total. The van der Waals surface area contributed by atoms with E-state index < -0.39 is 12.5 Å². The van der Waals surface area contributed by atoms with E-state index in [1.165, 1.54) is 4.90 Å². The largest absolute Gasteiger partial charge is 0.367 e. The number of fused-ring (bicyclic) bond motifs is 1. The number of carbonyl (C=O) groups excluding carboxylic acids is 1. The van der Waals surface area contributed by atoms with E-state index in [1.54, 1.807) is 12.4 Å². The number of anilines is 1. The Kier molecular flexibility index (Phi) is 5.02. The van der Waals surface area contributed by atoms with Gasteiger partial charge in [0.05, 0.1) is 23.8 Å². The van der Waals surface area contributed by atoms with E-state index in [-0.39, 0.29) is 31.0 Å². The number of nitrogens with one attached hydrogen (secondary N) is 1. The zero-order chi connectivity index (χ0) is 20.7. The van der Waals surface area contributed by atoms with Crippen LogP contribution in [0.15, 0.2) is 30.6 Å². The molecule has 0 aliphatic carbocycles. The molecular weight excluding hydrogens is 390 g/mol.